The van der Waals surface area contributed by atoms with Crippen LogP contribution in [0.2, 0.25) is 0 Å². The number of rotatable bonds is 5. The van der Waals surface area contributed by atoms with Gasteiger partial charge in [0.2, 0.25) is 10.0 Å². The number of ether oxygens (including phenoxy) is 1. The lowest BCUT2D eigenvalue weighted by Gasteiger charge is -2.23. The lowest BCUT2D eigenvalue weighted by atomic mass is 10.0. The van der Waals surface area contributed by atoms with Gasteiger partial charge in [0.1, 0.15) is 16.5 Å². The number of halogens is 2. The number of piperidine rings is 1. The Hall–Kier alpha value is -0.700. The molecule has 0 aliphatic carbocycles. The molecule has 1 heterocycles. The fourth-order valence-corrected chi connectivity index (χ4v) is 3.88. The van der Waals surface area contributed by atoms with Gasteiger partial charge in [-0.1, -0.05) is 0 Å². The molecular formula is C13H18BrFN2O3S. The molecule has 1 atom stereocenters. The lowest BCUT2D eigenvalue weighted by molar-refractivity contribution is 0.374. The smallest absolute Gasteiger partial charge is 0.244 e. The minimum absolute atomic E-state index is 0.109. The van der Waals surface area contributed by atoms with Crippen molar-refractivity contribution in [2.45, 2.75) is 17.7 Å². The number of hydrogen-bond donors (Lipinski definition) is 2. The molecule has 0 bridgehead atoms. The molecule has 1 aromatic rings. The number of benzene rings is 1. The van der Waals surface area contributed by atoms with Gasteiger partial charge in [0.25, 0.3) is 0 Å². The molecule has 118 valence electrons. The highest BCUT2D eigenvalue weighted by molar-refractivity contribution is 9.10. The molecular weight excluding hydrogens is 363 g/mol. The van der Waals surface area contributed by atoms with Gasteiger partial charge in [-0.25, -0.2) is 17.5 Å². The third kappa shape index (κ3) is 4.15. The van der Waals surface area contributed by atoms with Crippen LogP contribution in [0.4, 0.5) is 4.39 Å². The molecule has 1 saturated heterocycles. The summed E-state index contributed by atoms with van der Waals surface area (Å²) in [6.45, 7) is 2.08. The molecule has 0 saturated carbocycles. The average Bonchev–Trinajstić information content (AvgIpc) is 2.48. The Morgan fingerprint density at radius 3 is 2.90 bits per heavy atom. The Morgan fingerprint density at radius 1 is 1.52 bits per heavy atom. The maximum atomic E-state index is 13.6. The van der Waals surface area contributed by atoms with Gasteiger partial charge >= 0.3 is 0 Å². The van der Waals surface area contributed by atoms with E-state index in [2.05, 4.69) is 26.0 Å². The van der Waals surface area contributed by atoms with Crippen LogP contribution >= 0.6 is 15.9 Å². The van der Waals surface area contributed by atoms with E-state index < -0.39 is 15.8 Å². The van der Waals surface area contributed by atoms with E-state index in [1.165, 1.54) is 13.2 Å². The summed E-state index contributed by atoms with van der Waals surface area (Å²) < 4.78 is 46.0. The minimum atomic E-state index is -3.81. The molecule has 1 unspecified atom stereocenters. The van der Waals surface area contributed by atoms with Gasteiger partial charge in [0.15, 0.2) is 0 Å². The molecule has 21 heavy (non-hydrogen) atoms. The summed E-state index contributed by atoms with van der Waals surface area (Å²) in [6, 6.07) is 2.27. The average molecular weight is 381 g/mol. The van der Waals surface area contributed by atoms with E-state index in [4.69, 9.17) is 4.74 Å². The molecule has 2 N–H and O–H groups in total. The number of hydrogen-bond acceptors (Lipinski definition) is 4. The highest BCUT2D eigenvalue weighted by atomic mass is 79.9. The second-order valence-corrected chi connectivity index (χ2v) is 7.57. The number of nitrogens with one attached hydrogen (secondary N) is 2. The van der Waals surface area contributed by atoms with Crippen LogP contribution in [0.1, 0.15) is 12.8 Å². The van der Waals surface area contributed by atoms with E-state index in [0.717, 1.165) is 32.0 Å². The second-order valence-electron chi connectivity index (χ2n) is 4.98. The van der Waals surface area contributed by atoms with Crippen molar-refractivity contribution in [3.05, 3.63) is 22.4 Å². The highest BCUT2D eigenvalue weighted by Crippen LogP contribution is 2.30. The molecule has 0 spiro atoms. The Morgan fingerprint density at radius 2 is 2.29 bits per heavy atom. The summed E-state index contributed by atoms with van der Waals surface area (Å²) in [7, 11) is -2.45. The first-order chi connectivity index (χ1) is 9.94. The van der Waals surface area contributed by atoms with Crippen LogP contribution in [-0.2, 0) is 10.0 Å². The lowest BCUT2D eigenvalue weighted by Crippen LogP contribution is -2.38. The van der Waals surface area contributed by atoms with Crippen molar-refractivity contribution in [1.29, 1.82) is 0 Å². The maximum absolute atomic E-state index is 13.6. The topological polar surface area (TPSA) is 67.4 Å². The number of methoxy groups -OCH3 is 1. The van der Waals surface area contributed by atoms with E-state index >= 15 is 0 Å². The molecule has 5 nitrogen and oxygen atoms in total. The third-order valence-corrected chi connectivity index (χ3v) is 5.51. The fraction of sp³-hybridized carbons (Fsp3) is 0.538. The third-order valence-electron chi connectivity index (χ3n) is 3.46. The molecule has 0 aromatic heterocycles. The molecule has 1 aliphatic heterocycles. The van der Waals surface area contributed by atoms with E-state index in [-0.39, 0.29) is 21.0 Å². The van der Waals surface area contributed by atoms with E-state index in [1.54, 1.807) is 0 Å². The molecule has 1 aliphatic rings. The molecule has 1 aromatic carbocycles. The zero-order chi connectivity index (χ0) is 15.5. The van der Waals surface area contributed by atoms with Crippen LogP contribution in [0.15, 0.2) is 21.5 Å². The van der Waals surface area contributed by atoms with Gasteiger partial charge in [0, 0.05) is 6.54 Å². The summed E-state index contributed by atoms with van der Waals surface area (Å²) in [5.41, 5.74) is 0. The Bertz CT molecular complexity index is 604. The van der Waals surface area contributed by atoms with E-state index in [0.29, 0.717) is 6.54 Å². The van der Waals surface area contributed by atoms with Crippen molar-refractivity contribution >= 4 is 26.0 Å². The summed E-state index contributed by atoms with van der Waals surface area (Å²) in [6.07, 6.45) is 2.00. The van der Waals surface area contributed by atoms with Crippen molar-refractivity contribution in [3.8, 4) is 5.75 Å². The van der Waals surface area contributed by atoms with Crippen LogP contribution in [0.5, 0.6) is 5.75 Å². The summed E-state index contributed by atoms with van der Waals surface area (Å²) >= 11 is 3.01. The van der Waals surface area contributed by atoms with Crippen molar-refractivity contribution in [2.24, 2.45) is 5.92 Å². The zero-order valence-corrected chi connectivity index (χ0v) is 14.1. The Balaban J connectivity index is 2.16. The maximum Gasteiger partial charge on any atom is 0.244 e. The van der Waals surface area contributed by atoms with Gasteiger partial charge in [-0.2, -0.15) is 0 Å². The molecule has 0 amide bonds. The standard InChI is InChI=1S/C13H18BrFN2O3S/c1-20-12-5-10(14)11(15)6-13(12)21(18,19)17-8-9-3-2-4-16-7-9/h5-6,9,16-17H,2-4,7-8H2,1H3. The predicted molar refractivity (Wildman–Crippen MR) is 81.4 cm³/mol. The SMILES string of the molecule is COc1cc(Br)c(F)cc1S(=O)(=O)NCC1CCCNC1. The largest absolute Gasteiger partial charge is 0.495 e. The van der Waals surface area contributed by atoms with Crippen LogP contribution in [-0.4, -0.2) is 35.2 Å². The van der Waals surface area contributed by atoms with Crippen molar-refractivity contribution < 1.29 is 17.5 Å². The monoisotopic (exact) mass is 380 g/mol. The summed E-state index contributed by atoms with van der Waals surface area (Å²) in [4.78, 5) is -0.186. The van der Waals surface area contributed by atoms with Gasteiger partial charge in [-0.15, -0.1) is 0 Å². The molecule has 1 fully saturated rings. The first-order valence-electron chi connectivity index (χ1n) is 6.67. The first-order valence-corrected chi connectivity index (χ1v) is 8.95. The zero-order valence-electron chi connectivity index (χ0n) is 11.7. The van der Waals surface area contributed by atoms with Crippen molar-refractivity contribution in [1.82, 2.24) is 10.0 Å². The number of sulfonamides is 1. The first kappa shape index (κ1) is 16.7. The molecule has 8 heteroatoms. The molecule has 2 rings (SSSR count). The van der Waals surface area contributed by atoms with Crippen molar-refractivity contribution in [2.75, 3.05) is 26.7 Å². The molecule has 0 radical (unpaired) electrons. The van der Waals surface area contributed by atoms with Crippen LogP contribution in [0, 0.1) is 11.7 Å². The van der Waals surface area contributed by atoms with Crippen LogP contribution < -0.4 is 14.8 Å². The van der Waals surface area contributed by atoms with E-state index in [9.17, 15) is 12.8 Å². The summed E-state index contributed by atoms with van der Waals surface area (Å²) in [5.74, 6) is -0.284. The van der Waals surface area contributed by atoms with Crippen LogP contribution in [0.3, 0.4) is 0 Å². The van der Waals surface area contributed by atoms with Crippen molar-refractivity contribution in [3.63, 3.8) is 0 Å². The van der Waals surface area contributed by atoms with Crippen LogP contribution in [0.25, 0.3) is 0 Å². The van der Waals surface area contributed by atoms with Gasteiger partial charge in [-0.05, 0) is 59.9 Å². The predicted octanol–water partition coefficient (Wildman–Crippen LogP) is 1.87. The van der Waals surface area contributed by atoms with Gasteiger partial charge < -0.3 is 10.1 Å². The van der Waals surface area contributed by atoms with E-state index in [1.807, 2.05) is 0 Å². The fourth-order valence-electron chi connectivity index (χ4n) is 2.28. The Labute approximate surface area is 132 Å². The minimum Gasteiger partial charge on any atom is -0.495 e. The van der Waals surface area contributed by atoms with Gasteiger partial charge in [-0.3, -0.25) is 0 Å². The quantitative estimate of drug-likeness (QED) is 0.818. The highest BCUT2D eigenvalue weighted by Gasteiger charge is 2.23. The second kappa shape index (κ2) is 7.04. The van der Waals surface area contributed by atoms with Gasteiger partial charge in [0.05, 0.1) is 11.6 Å². The Kier molecular flexibility index (Phi) is 5.59. The summed E-state index contributed by atoms with van der Waals surface area (Å²) in [5, 5.41) is 3.22. The normalized spacial score (nSPS) is 19.5.